The number of nitrogens with two attached hydrogens (primary N) is 1. The molecule has 8 aromatic rings. The molecule has 0 saturated carbocycles. The van der Waals surface area contributed by atoms with Crippen molar-refractivity contribution in [2.75, 3.05) is 17.2 Å². The first-order valence-corrected chi connectivity index (χ1v) is 29.4. The second kappa shape index (κ2) is 23.7. The molecule has 0 bridgehead atoms. The van der Waals surface area contributed by atoms with Gasteiger partial charge in [0.25, 0.3) is 23.4 Å². The molecule has 5 aromatic carbocycles. The Morgan fingerprint density at radius 1 is 0.810 bits per heavy atom. The highest BCUT2D eigenvalue weighted by atomic mass is 32.2. The fourth-order valence-electron chi connectivity index (χ4n) is 9.50. The zero-order chi connectivity index (χ0) is 58.9. The normalized spacial score (nSPS) is 16.3. The van der Waals surface area contributed by atoms with Gasteiger partial charge in [0.15, 0.2) is 34.6 Å². The highest BCUT2D eigenvalue weighted by Crippen LogP contribution is 2.45. The maximum absolute atomic E-state index is 15.1. The van der Waals surface area contributed by atoms with Gasteiger partial charge in [0.2, 0.25) is 5.79 Å². The number of hydrogen-bond acceptors (Lipinski definition) is 20. The molecule has 2 atom stereocenters. The summed E-state index contributed by atoms with van der Waals surface area (Å²) in [4.78, 5) is 92.1. The molecule has 1 saturated heterocycles. The Hall–Kier alpha value is -9.06. The average Bonchev–Trinajstić information content (AvgIpc) is 4.17. The van der Waals surface area contributed by atoms with E-state index in [1.807, 2.05) is 121 Å². The van der Waals surface area contributed by atoms with Gasteiger partial charge in [-0.25, -0.2) is 24.4 Å². The van der Waals surface area contributed by atoms with E-state index in [1.165, 1.54) is 44.4 Å². The Bertz CT molecular complexity index is 3810. The maximum Gasteiger partial charge on any atom is 0.379 e. The summed E-state index contributed by atoms with van der Waals surface area (Å²) in [7, 11) is 0. The van der Waals surface area contributed by atoms with E-state index in [0.717, 1.165) is 22.5 Å². The number of oxime groups is 1. The Balaban J connectivity index is 0.868. The molecule has 3 aliphatic rings. The lowest BCUT2D eigenvalue weighted by Gasteiger charge is -2.49. The number of anilines is 1. The lowest BCUT2D eigenvalue weighted by molar-refractivity contribution is -0.154. The van der Waals surface area contributed by atoms with Gasteiger partial charge in [-0.2, -0.15) is 9.50 Å². The highest BCUT2D eigenvalue weighted by Gasteiger charge is 2.55. The molecule has 0 aliphatic carbocycles. The number of benzene rings is 5. The summed E-state index contributed by atoms with van der Waals surface area (Å²) in [6.07, 6.45) is -1.61. The van der Waals surface area contributed by atoms with E-state index >= 15 is 4.79 Å². The summed E-state index contributed by atoms with van der Waals surface area (Å²) >= 11 is 3.71. The molecule has 1 fully saturated rings. The number of nitrogens with zero attached hydrogens (tertiary/aromatic N) is 7. The van der Waals surface area contributed by atoms with Crippen LogP contribution in [-0.4, -0.2) is 99.2 Å². The number of nitrogens with one attached hydrogen (secondary N) is 1. The molecule has 11 rings (SSSR count). The molecule has 0 radical (unpaired) electrons. The van der Waals surface area contributed by atoms with Crippen LogP contribution in [0.4, 0.5) is 5.13 Å². The predicted molar refractivity (Wildman–Crippen MR) is 314 cm³/mol. The molecule has 2 amide bonds. The fraction of sp³-hybridized carbons (Fsp3) is 0.246. The van der Waals surface area contributed by atoms with Crippen molar-refractivity contribution in [3.63, 3.8) is 0 Å². The largest absolute Gasteiger partial charge is 0.456 e. The third kappa shape index (κ3) is 12.3. The number of thioether (sulfide) groups is 2. The van der Waals surface area contributed by atoms with Gasteiger partial charge in [-0.05, 0) is 79.3 Å². The number of thiazole rings is 1. The van der Waals surface area contributed by atoms with Crippen molar-refractivity contribution in [3.8, 4) is 11.5 Å². The molecule has 0 spiro atoms. The summed E-state index contributed by atoms with van der Waals surface area (Å²) in [6.45, 7) is 10.2. The second-order valence-electron chi connectivity index (χ2n) is 21.1. The van der Waals surface area contributed by atoms with E-state index in [-0.39, 0.29) is 69.0 Å². The zero-order valence-corrected chi connectivity index (χ0v) is 48.7. The molecular weight excluding hydrogens is 1130 g/mol. The molecule has 84 heavy (non-hydrogen) atoms. The van der Waals surface area contributed by atoms with Crippen molar-refractivity contribution in [3.05, 3.63) is 207 Å². The van der Waals surface area contributed by atoms with Gasteiger partial charge in [-0.3, -0.25) is 14.5 Å². The van der Waals surface area contributed by atoms with Crippen LogP contribution < -0.4 is 20.5 Å². The minimum atomic E-state index is -1.15. The van der Waals surface area contributed by atoms with Crippen LogP contribution in [0.3, 0.4) is 0 Å². The number of aryl methyl sites for hydroxylation is 1. The lowest BCUT2D eigenvalue weighted by atomic mass is 10.0. The molecule has 0 unspecified atom stereocenters. The van der Waals surface area contributed by atoms with Gasteiger partial charge in [0.05, 0.1) is 0 Å². The first-order chi connectivity index (χ1) is 40.4. The van der Waals surface area contributed by atoms with Gasteiger partial charge >= 0.3 is 17.9 Å². The standard InChI is InChI=1S/C61H55N9O11S3/c1-34-27-44(70-59(63-34)66-51(67-70)57(75)78-49(38-23-15-9-16-24-38)39-25-17-10-18-26-39)82-31-40-32-83-54-46(53(72)69(54)47(40)56(74)77-48(36-19-11-7-12-20-36)37-21-13-8-14-22-37)65-52(71)45(42-33-84-58(62)64-42)68-76-30-35-28-41(55(73)81-60(2,3)4)50-43(29-35)79-61(5,6)80-50/h7-29,33,46,48-49,54H,30-32H2,1-6H3,(H2,62,64)(H,65,71)/b68-45-/t46-,54-/m1/s1. The smallest absolute Gasteiger partial charge is 0.379 e. The average molecular weight is 1190 g/mol. The summed E-state index contributed by atoms with van der Waals surface area (Å²) in [6, 6.07) is 41.1. The van der Waals surface area contributed by atoms with E-state index in [9.17, 15) is 19.2 Å². The second-order valence-corrected chi connectivity index (χ2v) is 24.0. The maximum atomic E-state index is 15.1. The molecule has 428 valence electrons. The monoisotopic (exact) mass is 1190 g/mol. The molecule has 23 heteroatoms. The first kappa shape index (κ1) is 56.8. The van der Waals surface area contributed by atoms with Gasteiger partial charge in [-0.1, -0.05) is 126 Å². The van der Waals surface area contributed by atoms with Crippen molar-refractivity contribution >= 4 is 81.2 Å². The van der Waals surface area contributed by atoms with E-state index in [2.05, 4.69) is 30.5 Å². The van der Waals surface area contributed by atoms with Crippen molar-refractivity contribution < 1.29 is 52.5 Å². The summed E-state index contributed by atoms with van der Waals surface area (Å²) in [5, 5.41) is 13.1. The molecule has 3 N–H and O–H groups in total. The number of aromatic nitrogens is 5. The summed E-state index contributed by atoms with van der Waals surface area (Å²) < 4.78 is 31.6. The third-order valence-electron chi connectivity index (χ3n) is 13.2. The van der Waals surface area contributed by atoms with Crippen LogP contribution in [-0.2, 0) is 40.0 Å². The van der Waals surface area contributed by atoms with Crippen LogP contribution >= 0.6 is 34.9 Å². The Labute approximate surface area is 494 Å². The first-order valence-electron chi connectivity index (χ1n) is 26.5. The lowest BCUT2D eigenvalue weighted by Crippen LogP contribution is -2.71. The number of rotatable bonds is 18. The number of amides is 2. The summed E-state index contributed by atoms with van der Waals surface area (Å²) in [5.74, 6) is -3.83. The molecule has 20 nitrogen and oxygen atoms in total. The van der Waals surface area contributed by atoms with Gasteiger partial charge in [0.1, 0.15) is 45.6 Å². The number of nitrogen functional groups attached to an aromatic ring is 1. The van der Waals surface area contributed by atoms with Crippen molar-refractivity contribution in [2.24, 2.45) is 5.16 Å². The zero-order valence-electron chi connectivity index (χ0n) is 46.2. The quantitative estimate of drug-likeness (QED) is 0.0154. The number of ether oxygens (including phenoxy) is 5. The number of fused-ring (bicyclic) bond motifs is 3. The topological polar surface area (TPSA) is 250 Å². The number of β-lactam (4-membered cyclic amide) rings is 1. The SMILES string of the molecule is Cc1cc(SCC2=C(C(=O)OC(c3ccccc3)c3ccccc3)N3C(=O)[C@@H](NC(=O)/C(=N\OCc4cc5c(c(C(=O)OC(C)(C)C)c4)OC(C)(C)O5)c4csc(N)n4)[C@H]3SC2)n2nc(C(=O)OC(c3ccccc3)c3ccccc3)nc2n1. The molecule has 6 heterocycles. The Morgan fingerprint density at radius 3 is 1.98 bits per heavy atom. The van der Waals surface area contributed by atoms with Gasteiger partial charge < -0.3 is 39.6 Å². The van der Waals surface area contributed by atoms with Gasteiger partial charge in [-0.15, -0.1) is 40.0 Å². The fourth-order valence-corrected chi connectivity index (χ4v) is 12.6. The highest BCUT2D eigenvalue weighted by molar-refractivity contribution is 8.01. The van der Waals surface area contributed by atoms with Crippen LogP contribution in [0.1, 0.15) is 107 Å². The Kier molecular flexibility index (Phi) is 16.0. The molecule has 3 aliphatic heterocycles. The number of hydrogen-bond donors (Lipinski definition) is 2. The van der Waals surface area contributed by atoms with Crippen molar-refractivity contribution in [2.45, 2.75) is 88.2 Å². The van der Waals surface area contributed by atoms with E-state index in [0.29, 0.717) is 33.0 Å². The van der Waals surface area contributed by atoms with Crippen LogP contribution in [0.5, 0.6) is 11.5 Å². The predicted octanol–water partition coefficient (Wildman–Crippen LogP) is 9.58. The van der Waals surface area contributed by atoms with Crippen molar-refractivity contribution in [1.82, 2.24) is 34.8 Å². The molecule has 3 aromatic heterocycles. The van der Waals surface area contributed by atoms with Crippen LogP contribution in [0.25, 0.3) is 5.78 Å². The minimum Gasteiger partial charge on any atom is -0.456 e. The number of carbonyl (C=O) groups excluding carboxylic acids is 5. The van der Waals surface area contributed by atoms with Crippen LogP contribution in [0.15, 0.2) is 166 Å². The van der Waals surface area contributed by atoms with Crippen LogP contribution in [0, 0.1) is 6.92 Å². The van der Waals surface area contributed by atoms with E-state index in [4.69, 9.17) is 34.3 Å². The molecular formula is C61H55N9O11S3. The van der Waals surface area contributed by atoms with E-state index < -0.39 is 64.7 Å². The third-order valence-corrected chi connectivity index (χ3v) is 16.3. The minimum absolute atomic E-state index is 0.0127. The summed E-state index contributed by atoms with van der Waals surface area (Å²) in [5.41, 5.74) is 9.63. The number of esters is 3. The number of carbonyl (C=O) groups is 5. The van der Waals surface area contributed by atoms with E-state index in [1.54, 1.807) is 53.7 Å². The van der Waals surface area contributed by atoms with Gasteiger partial charge in [0, 0.05) is 36.4 Å². The van der Waals surface area contributed by atoms with Crippen molar-refractivity contribution in [1.29, 1.82) is 0 Å². The van der Waals surface area contributed by atoms with Crippen LogP contribution in [0.2, 0.25) is 0 Å². The Morgan fingerprint density at radius 2 is 1.40 bits per heavy atom.